The van der Waals surface area contributed by atoms with Gasteiger partial charge in [-0.2, -0.15) is 0 Å². The summed E-state index contributed by atoms with van der Waals surface area (Å²) in [6, 6.07) is 2.02. The minimum atomic E-state index is 0.577. The van der Waals surface area contributed by atoms with E-state index in [-0.39, 0.29) is 0 Å². The molecule has 1 aliphatic heterocycles. The second-order valence-electron chi connectivity index (χ2n) is 5.34. The Bertz CT molecular complexity index is 426. The molecule has 2 rings (SSSR count). The lowest BCUT2D eigenvalue weighted by atomic mass is 9.99. The van der Waals surface area contributed by atoms with Crippen LogP contribution in [0.3, 0.4) is 0 Å². The molecule has 1 unspecified atom stereocenters. The maximum Gasteiger partial charge on any atom is 0.147 e. The van der Waals surface area contributed by atoms with Gasteiger partial charge in [0.1, 0.15) is 5.82 Å². The highest BCUT2D eigenvalue weighted by Crippen LogP contribution is 2.28. The molecule has 5 heteroatoms. The number of nitrogens with one attached hydrogen (secondary N) is 1. The van der Waals surface area contributed by atoms with Crippen molar-refractivity contribution in [2.75, 3.05) is 38.3 Å². The van der Waals surface area contributed by atoms with Crippen LogP contribution in [0, 0.1) is 5.92 Å². The van der Waals surface area contributed by atoms with Crippen LogP contribution in [0.4, 0.5) is 5.82 Å². The average molecular weight is 298 g/mol. The van der Waals surface area contributed by atoms with Gasteiger partial charge in [-0.1, -0.05) is 18.5 Å². The van der Waals surface area contributed by atoms with E-state index in [0.717, 1.165) is 49.2 Å². The standard InChI is InChI=1S/C15H24ClN3O/c1-3-17-8-13-7-14(16)15(18-9-13)19-6-4-5-12(10-19)11-20-2/h7,9,12,17H,3-6,8,10-11H2,1-2H3. The van der Waals surface area contributed by atoms with Crippen LogP contribution < -0.4 is 10.2 Å². The predicted octanol–water partition coefficient (Wildman–Crippen LogP) is 2.71. The van der Waals surface area contributed by atoms with E-state index >= 15 is 0 Å². The molecule has 1 fully saturated rings. The number of nitrogens with zero attached hydrogens (tertiary/aromatic N) is 2. The minimum absolute atomic E-state index is 0.577. The Kier molecular flexibility index (Phi) is 6.07. The number of rotatable bonds is 6. The number of anilines is 1. The molecule has 1 aromatic heterocycles. The lowest BCUT2D eigenvalue weighted by molar-refractivity contribution is 0.143. The molecule has 0 spiro atoms. The quantitative estimate of drug-likeness (QED) is 0.876. The van der Waals surface area contributed by atoms with Gasteiger partial charge in [-0.05, 0) is 36.9 Å². The van der Waals surface area contributed by atoms with Crippen molar-refractivity contribution < 1.29 is 4.74 Å². The highest BCUT2D eigenvalue weighted by atomic mass is 35.5. The van der Waals surface area contributed by atoms with E-state index in [2.05, 4.69) is 22.1 Å². The summed E-state index contributed by atoms with van der Waals surface area (Å²) in [6.45, 7) is 6.67. The van der Waals surface area contributed by atoms with E-state index in [0.29, 0.717) is 5.92 Å². The SMILES string of the molecule is CCNCc1cnc(N2CCCC(COC)C2)c(Cl)c1. The highest BCUT2D eigenvalue weighted by molar-refractivity contribution is 6.33. The van der Waals surface area contributed by atoms with E-state index in [1.165, 1.54) is 12.8 Å². The summed E-state index contributed by atoms with van der Waals surface area (Å²) in [5, 5.41) is 4.03. The van der Waals surface area contributed by atoms with Crippen molar-refractivity contribution >= 4 is 17.4 Å². The van der Waals surface area contributed by atoms with Crippen molar-refractivity contribution in [1.82, 2.24) is 10.3 Å². The van der Waals surface area contributed by atoms with Crippen molar-refractivity contribution in [3.8, 4) is 0 Å². The van der Waals surface area contributed by atoms with E-state index in [1.54, 1.807) is 7.11 Å². The van der Waals surface area contributed by atoms with Crippen LogP contribution in [-0.2, 0) is 11.3 Å². The zero-order valence-electron chi connectivity index (χ0n) is 12.4. The molecule has 0 aliphatic carbocycles. The van der Waals surface area contributed by atoms with Crippen LogP contribution in [0.25, 0.3) is 0 Å². The zero-order valence-corrected chi connectivity index (χ0v) is 13.1. The van der Waals surface area contributed by atoms with Gasteiger partial charge in [-0.3, -0.25) is 0 Å². The minimum Gasteiger partial charge on any atom is -0.384 e. The Morgan fingerprint density at radius 1 is 1.55 bits per heavy atom. The Labute approximate surface area is 126 Å². The lowest BCUT2D eigenvalue weighted by Crippen LogP contribution is -2.37. The fourth-order valence-corrected chi connectivity index (χ4v) is 3.01. The summed E-state index contributed by atoms with van der Waals surface area (Å²) >= 11 is 6.40. The number of halogens is 1. The Morgan fingerprint density at radius 3 is 3.10 bits per heavy atom. The van der Waals surface area contributed by atoms with Crippen LogP contribution in [-0.4, -0.2) is 38.3 Å². The number of ether oxygens (including phenoxy) is 1. The van der Waals surface area contributed by atoms with E-state index < -0.39 is 0 Å². The maximum absolute atomic E-state index is 6.40. The van der Waals surface area contributed by atoms with Gasteiger partial charge in [0.15, 0.2) is 0 Å². The van der Waals surface area contributed by atoms with E-state index in [9.17, 15) is 0 Å². The summed E-state index contributed by atoms with van der Waals surface area (Å²) in [7, 11) is 1.76. The molecular weight excluding hydrogens is 274 g/mol. The van der Waals surface area contributed by atoms with Crippen LogP contribution in [0.5, 0.6) is 0 Å². The van der Waals surface area contributed by atoms with Gasteiger partial charge in [-0.15, -0.1) is 0 Å². The smallest absolute Gasteiger partial charge is 0.147 e. The van der Waals surface area contributed by atoms with E-state index in [1.807, 2.05) is 12.3 Å². The van der Waals surface area contributed by atoms with Gasteiger partial charge >= 0.3 is 0 Å². The molecule has 20 heavy (non-hydrogen) atoms. The third kappa shape index (κ3) is 4.08. The van der Waals surface area contributed by atoms with Crippen molar-refractivity contribution in [2.24, 2.45) is 5.92 Å². The molecule has 1 aromatic rings. The molecule has 0 amide bonds. The molecule has 1 saturated heterocycles. The molecule has 0 radical (unpaired) electrons. The van der Waals surface area contributed by atoms with Crippen LogP contribution in [0.2, 0.25) is 5.02 Å². The zero-order chi connectivity index (χ0) is 14.4. The summed E-state index contributed by atoms with van der Waals surface area (Å²) in [5.41, 5.74) is 1.13. The first-order valence-corrected chi connectivity index (χ1v) is 7.71. The first-order chi connectivity index (χ1) is 9.74. The monoisotopic (exact) mass is 297 g/mol. The number of aromatic nitrogens is 1. The second-order valence-corrected chi connectivity index (χ2v) is 5.75. The Morgan fingerprint density at radius 2 is 2.40 bits per heavy atom. The number of hydrogen-bond donors (Lipinski definition) is 1. The molecule has 0 bridgehead atoms. The van der Waals surface area contributed by atoms with Gasteiger partial charge in [0.05, 0.1) is 11.6 Å². The Hall–Kier alpha value is -0.840. The number of hydrogen-bond acceptors (Lipinski definition) is 4. The second kappa shape index (κ2) is 7.81. The molecule has 1 aliphatic rings. The van der Waals surface area contributed by atoms with E-state index in [4.69, 9.17) is 16.3 Å². The first kappa shape index (κ1) is 15.5. The molecule has 1 N–H and O–H groups in total. The third-order valence-corrected chi connectivity index (χ3v) is 3.96. The number of methoxy groups -OCH3 is 1. The maximum atomic E-state index is 6.40. The molecule has 0 saturated carbocycles. The van der Waals surface area contributed by atoms with Crippen LogP contribution in [0.1, 0.15) is 25.3 Å². The fourth-order valence-electron chi connectivity index (χ4n) is 2.70. The summed E-state index contributed by atoms with van der Waals surface area (Å²) in [6.07, 6.45) is 4.31. The summed E-state index contributed by atoms with van der Waals surface area (Å²) in [5.74, 6) is 1.49. The average Bonchev–Trinajstić information content (AvgIpc) is 2.46. The molecule has 1 atom stereocenters. The number of piperidine rings is 1. The van der Waals surface area contributed by atoms with Gasteiger partial charge in [0.25, 0.3) is 0 Å². The van der Waals surface area contributed by atoms with Gasteiger partial charge in [0, 0.05) is 32.9 Å². The largest absolute Gasteiger partial charge is 0.384 e. The molecule has 0 aromatic carbocycles. The molecular formula is C15H24ClN3O. The van der Waals surface area contributed by atoms with Crippen molar-refractivity contribution in [2.45, 2.75) is 26.3 Å². The molecule has 4 nitrogen and oxygen atoms in total. The Balaban J connectivity index is 2.04. The topological polar surface area (TPSA) is 37.4 Å². The van der Waals surface area contributed by atoms with Crippen molar-refractivity contribution in [3.05, 3.63) is 22.8 Å². The van der Waals surface area contributed by atoms with Crippen molar-refractivity contribution in [3.63, 3.8) is 0 Å². The summed E-state index contributed by atoms with van der Waals surface area (Å²) in [4.78, 5) is 6.85. The summed E-state index contributed by atoms with van der Waals surface area (Å²) < 4.78 is 5.27. The predicted molar refractivity (Wildman–Crippen MR) is 83.4 cm³/mol. The first-order valence-electron chi connectivity index (χ1n) is 7.33. The fraction of sp³-hybridized carbons (Fsp3) is 0.667. The van der Waals surface area contributed by atoms with Crippen molar-refractivity contribution in [1.29, 1.82) is 0 Å². The normalized spacial score (nSPS) is 19.4. The van der Waals surface area contributed by atoms with Crippen LogP contribution >= 0.6 is 11.6 Å². The van der Waals surface area contributed by atoms with Gasteiger partial charge < -0.3 is 15.0 Å². The molecule has 112 valence electrons. The van der Waals surface area contributed by atoms with Gasteiger partial charge in [-0.25, -0.2) is 4.98 Å². The third-order valence-electron chi connectivity index (χ3n) is 3.68. The molecule has 2 heterocycles. The van der Waals surface area contributed by atoms with Gasteiger partial charge in [0.2, 0.25) is 0 Å². The number of pyridine rings is 1. The lowest BCUT2D eigenvalue weighted by Gasteiger charge is -2.33. The highest BCUT2D eigenvalue weighted by Gasteiger charge is 2.22. The van der Waals surface area contributed by atoms with Crippen LogP contribution in [0.15, 0.2) is 12.3 Å².